The fourth-order valence-corrected chi connectivity index (χ4v) is 1.86. The summed E-state index contributed by atoms with van der Waals surface area (Å²) < 4.78 is 23.9. The number of hydrogen-bond acceptors (Lipinski definition) is 3. The van der Waals surface area contributed by atoms with Gasteiger partial charge in [0.25, 0.3) is 0 Å². The maximum Gasteiger partial charge on any atom is 0.128 e. The number of aliphatic hydroxyl groups is 1. The Morgan fingerprint density at radius 3 is 2.45 bits per heavy atom. The van der Waals surface area contributed by atoms with Crippen molar-refractivity contribution in [2.24, 2.45) is 0 Å². The molecule has 1 atom stereocenters. The van der Waals surface area contributed by atoms with Crippen molar-refractivity contribution in [2.45, 2.75) is 19.6 Å². The number of aliphatic hydroxyl groups excluding tert-OH is 1. The normalized spacial score (nSPS) is 12.0. The van der Waals surface area contributed by atoms with Crippen LogP contribution in [0.5, 0.6) is 11.5 Å². The molecule has 0 aliphatic heterocycles. The molecule has 0 saturated carbocycles. The Balaban J connectivity index is 2.11. The number of ether oxygens (including phenoxy) is 2. The molecule has 0 unspecified atom stereocenters. The van der Waals surface area contributed by atoms with Crippen LogP contribution in [0.3, 0.4) is 0 Å². The van der Waals surface area contributed by atoms with Crippen LogP contribution in [-0.2, 0) is 6.61 Å². The summed E-state index contributed by atoms with van der Waals surface area (Å²) in [7, 11) is 1.60. The second-order valence-corrected chi connectivity index (χ2v) is 4.49. The van der Waals surface area contributed by atoms with E-state index in [4.69, 9.17) is 9.47 Å². The van der Waals surface area contributed by atoms with Crippen molar-refractivity contribution in [3.05, 3.63) is 59.4 Å². The SMILES string of the molecule is COc1ccc(COc2cc(F)ccc2[C@@H](C)O)cc1. The van der Waals surface area contributed by atoms with E-state index in [0.29, 0.717) is 17.9 Å². The summed E-state index contributed by atoms with van der Waals surface area (Å²) in [6.45, 7) is 1.92. The molecule has 3 nitrogen and oxygen atoms in total. The zero-order valence-corrected chi connectivity index (χ0v) is 11.5. The molecule has 20 heavy (non-hydrogen) atoms. The monoisotopic (exact) mass is 276 g/mol. The molecule has 4 heteroatoms. The van der Waals surface area contributed by atoms with Gasteiger partial charge in [-0.2, -0.15) is 0 Å². The lowest BCUT2D eigenvalue weighted by Crippen LogP contribution is -2.01. The molecule has 2 aromatic rings. The molecular weight excluding hydrogens is 259 g/mol. The van der Waals surface area contributed by atoms with Crippen molar-refractivity contribution < 1.29 is 19.0 Å². The van der Waals surface area contributed by atoms with E-state index in [0.717, 1.165) is 11.3 Å². The molecule has 2 rings (SSSR count). The van der Waals surface area contributed by atoms with Crippen LogP contribution in [-0.4, -0.2) is 12.2 Å². The fourth-order valence-electron chi connectivity index (χ4n) is 1.86. The van der Waals surface area contributed by atoms with Crippen LogP contribution in [0.25, 0.3) is 0 Å². The van der Waals surface area contributed by atoms with E-state index >= 15 is 0 Å². The van der Waals surface area contributed by atoms with Crippen LogP contribution in [0.15, 0.2) is 42.5 Å². The average Bonchev–Trinajstić information content (AvgIpc) is 2.45. The van der Waals surface area contributed by atoms with Crippen molar-refractivity contribution in [1.29, 1.82) is 0 Å². The number of benzene rings is 2. The zero-order chi connectivity index (χ0) is 14.5. The molecule has 0 aliphatic carbocycles. The molecule has 0 heterocycles. The molecule has 0 aliphatic rings. The van der Waals surface area contributed by atoms with E-state index in [1.807, 2.05) is 24.3 Å². The minimum atomic E-state index is -0.707. The van der Waals surface area contributed by atoms with Crippen molar-refractivity contribution in [1.82, 2.24) is 0 Å². The van der Waals surface area contributed by atoms with Gasteiger partial charge in [0.2, 0.25) is 0 Å². The Morgan fingerprint density at radius 1 is 1.15 bits per heavy atom. The van der Waals surface area contributed by atoms with E-state index in [-0.39, 0.29) is 5.82 Å². The number of hydrogen-bond donors (Lipinski definition) is 1. The molecular formula is C16H17FO3. The summed E-state index contributed by atoms with van der Waals surface area (Å²) in [5.41, 5.74) is 1.51. The van der Waals surface area contributed by atoms with E-state index in [9.17, 15) is 9.50 Å². The van der Waals surface area contributed by atoms with Gasteiger partial charge >= 0.3 is 0 Å². The lowest BCUT2D eigenvalue weighted by atomic mass is 10.1. The van der Waals surface area contributed by atoms with Crippen LogP contribution >= 0.6 is 0 Å². The van der Waals surface area contributed by atoms with Crippen LogP contribution in [0.4, 0.5) is 4.39 Å². The summed E-state index contributed by atoms with van der Waals surface area (Å²) in [6.07, 6.45) is -0.707. The maximum atomic E-state index is 13.3. The third kappa shape index (κ3) is 3.48. The largest absolute Gasteiger partial charge is 0.497 e. The zero-order valence-electron chi connectivity index (χ0n) is 11.5. The molecule has 0 spiro atoms. The lowest BCUT2D eigenvalue weighted by Gasteiger charge is -2.13. The van der Waals surface area contributed by atoms with Gasteiger partial charge in [-0.25, -0.2) is 4.39 Å². The van der Waals surface area contributed by atoms with Gasteiger partial charge in [0.15, 0.2) is 0 Å². The topological polar surface area (TPSA) is 38.7 Å². The van der Waals surface area contributed by atoms with Crippen molar-refractivity contribution >= 4 is 0 Å². The molecule has 0 amide bonds. The van der Waals surface area contributed by atoms with Crippen LogP contribution < -0.4 is 9.47 Å². The number of rotatable bonds is 5. The quantitative estimate of drug-likeness (QED) is 0.908. The summed E-state index contributed by atoms with van der Waals surface area (Å²) in [6, 6.07) is 11.5. The van der Waals surface area contributed by atoms with Gasteiger partial charge in [0.1, 0.15) is 23.9 Å². The number of halogens is 1. The molecule has 106 valence electrons. The molecule has 2 aromatic carbocycles. The number of methoxy groups -OCH3 is 1. The van der Waals surface area contributed by atoms with E-state index in [2.05, 4.69) is 0 Å². The van der Waals surface area contributed by atoms with Gasteiger partial charge in [0, 0.05) is 11.6 Å². The smallest absolute Gasteiger partial charge is 0.128 e. The molecule has 0 saturated heterocycles. The van der Waals surface area contributed by atoms with Gasteiger partial charge in [-0.3, -0.25) is 0 Å². The average molecular weight is 276 g/mol. The van der Waals surface area contributed by atoms with Gasteiger partial charge < -0.3 is 14.6 Å². The Morgan fingerprint density at radius 2 is 1.85 bits per heavy atom. The first-order valence-corrected chi connectivity index (χ1v) is 6.33. The summed E-state index contributed by atoms with van der Waals surface area (Å²) in [5.74, 6) is 0.735. The summed E-state index contributed by atoms with van der Waals surface area (Å²) in [5, 5.41) is 9.64. The first kappa shape index (κ1) is 14.3. The molecule has 1 N–H and O–H groups in total. The Bertz CT molecular complexity index is 564. The minimum absolute atomic E-state index is 0.299. The minimum Gasteiger partial charge on any atom is -0.497 e. The van der Waals surface area contributed by atoms with E-state index in [1.54, 1.807) is 14.0 Å². The highest BCUT2D eigenvalue weighted by atomic mass is 19.1. The third-order valence-corrected chi connectivity index (χ3v) is 2.98. The molecule has 0 bridgehead atoms. The highest BCUT2D eigenvalue weighted by molar-refractivity contribution is 5.36. The first-order valence-electron chi connectivity index (χ1n) is 6.33. The standard InChI is InChI=1S/C16H17FO3/c1-11(18)15-8-5-13(17)9-16(15)20-10-12-3-6-14(19-2)7-4-12/h3-9,11,18H,10H2,1-2H3/t11-/m1/s1. The lowest BCUT2D eigenvalue weighted by molar-refractivity contribution is 0.190. The fraction of sp³-hybridized carbons (Fsp3) is 0.250. The van der Waals surface area contributed by atoms with Crippen LogP contribution in [0.2, 0.25) is 0 Å². The van der Waals surface area contributed by atoms with Crippen LogP contribution in [0, 0.1) is 5.82 Å². The highest BCUT2D eigenvalue weighted by Gasteiger charge is 2.10. The van der Waals surface area contributed by atoms with Crippen LogP contribution in [0.1, 0.15) is 24.2 Å². The van der Waals surface area contributed by atoms with Crippen molar-refractivity contribution in [3.8, 4) is 11.5 Å². The Kier molecular flexibility index (Phi) is 4.58. The predicted octanol–water partition coefficient (Wildman–Crippen LogP) is 3.47. The predicted molar refractivity (Wildman–Crippen MR) is 74.4 cm³/mol. The Hall–Kier alpha value is -2.07. The van der Waals surface area contributed by atoms with Gasteiger partial charge in [-0.05, 0) is 36.8 Å². The summed E-state index contributed by atoms with van der Waals surface area (Å²) >= 11 is 0. The van der Waals surface area contributed by atoms with Crippen molar-refractivity contribution in [2.75, 3.05) is 7.11 Å². The van der Waals surface area contributed by atoms with E-state index < -0.39 is 6.10 Å². The second-order valence-electron chi connectivity index (χ2n) is 4.49. The maximum absolute atomic E-state index is 13.3. The van der Waals surface area contributed by atoms with Gasteiger partial charge in [-0.15, -0.1) is 0 Å². The molecule has 0 radical (unpaired) electrons. The van der Waals surface area contributed by atoms with Gasteiger partial charge in [0.05, 0.1) is 13.2 Å². The highest BCUT2D eigenvalue weighted by Crippen LogP contribution is 2.27. The van der Waals surface area contributed by atoms with Gasteiger partial charge in [-0.1, -0.05) is 12.1 Å². The third-order valence-electron chi connectivity index (χ3n) is 2.98. The summed E-state index contributed by atoms with van der Waals surface area (Å²) in [4.78, 5) is 0. The van der Waals surface area contributed by atoms with Crippen molar-refractivity contribution in [3.63, 3.8) is 0 Å². The molecule has 0 fully saturated rings. The van der Waals surface area contributed by atoms with E-state index in [1.165, 1.54) is 18.2 Å². The second kappa shape index (κ2) is 6.39. The molecule has 0 aromatic heterocycles. The Labute approximate surface area is 117 Å². The first-order chi connectivity index (χ1) is 9.60.